The van der Waals surface area contributed by atoms with Gasteiger partial charge in [-0.2, -0.15) is 0 Å². The van der Waals surface area contributed by atoms with Crippen molar-refractivity contribution in [2.45, 2.75) is 38.9 Å². The summed E-state index contributed by atoms with van der Waals surface area (Å²) in [5.74, 6) is 1.47. The van der Waals surface area contributed by atoms with Crippen molar-refractivity contribution in [3.05, 3.63) is 59.8 Å². The van der Waals surface area contributed by atoms with Gasteiger partial charge in [0, 0.05) is 55.6 Å². The van der Waals surface area contributed by atoms with Gasteiger partial charge in [-0.25, -0.2) is 0 Å². The van der Waals surface area contributed by atoms with Crippen LogP contribution in [0, 0.1) is 5.92 Å². The summed E-state index contributed by atoms with van der Waals surface area (Å²) in [7, 11) is 0. The molecule has 2 heterocycles. The van der Waals surface area contributed by atoms with E-state index in [1.807, 2.05) is 42.5 Å². The number of nitrogens with zero attached hydrogens (tertiary/aromatic N) is 2. The summed E-state index contributed by atoms with van der Waals surface area (Å²) in [4.78, 5) is 2.57. The summed E-state index contributed by atoms with van der Waals surface area (Å²) in [5, 5.41) is 8.81. The van der Waals surface area contributed by atoms with Crippen LogP contribution in [-0.2, 0) is 13.1 Å². The number of ether oxygens (including phenoxy) is 1. The first-order valence-electron chi connectivity index (χ1n) is 10.9. The van der Waals surface area contributed by atoms with E-state index < -0.39 is 0 Å². The summed E-state index contributed by atoms with van der Waals surface area (Å²) in [6.07, 6.45) is 2.42. The number of aromatic nitrogens is 1. The standard InChI is InChI=1S/C24H32N4O2/c1-18-10-11-19(17-29-23-8-4-2-6-20(23)14-25)16-28(18)13-12-26-15-22-21-7-3-5-9-24(21)30-27-22/h2-9,18-19,26H,10-17,25H2,1H3. The number of piperidine rings is 1. The quantitative estimate of drug-likeness (QED) is 0.527. The van der Waals surface area contributed by atoms with Crippen molar-refractivity contribution in [2.24, 2.45) is 11.7 Å². The van der Waals surface area contributed by atoms with Crippen molar-refractivity contribution in [3.8, 4) is 5.75 Å². The van der Waals surface area contributed by atoms with Gasteiger partial charge in [-0.1, -0.05) is 35.5 Å². The topological polar surface area (TPSA) is 76.6 Å². The van der Waals surface area contributed by atoms with Crippen LogP contribution in [0.1, 0.15) is 31.0 Å². The molecule has 0 amide bonds. The number of hydrogen-bond acceptors (Lipinski definition) is 6. The molecule has 0 bridgehead atoms. The zero-order chi connectivity index (χ0) is 20.8. The van der Waals surface area contributed by atoms with E-state index in [2.05, 4.69) is 28.4 Å². The van der Waals surface area contributed by atoms with Crippen molar-refractivity contribution < 1.29 is 9.26 Å². The maximum atomic E-state index is 6.13. The Morgan fingerprint density at radius 2 is 2.00 bits per heavy atom. The minimum atomic E-state index is 0.510. The monoisotopic (exact) mass is 408 g/mol. The second kappa shape index (κ2) is 10.1. The Balaban J connectivity index is 1.23. The summed E-state index contributed by atoms with van der Waals surface area (Å²) < 4.78 is 11.5. The number of hydrogen-bond donors (Lipinski definition) is 2. The van der Waals surface area contributed by atoms with Gasteiger partial charge < -0.3 is 20.3 Å². The molecule has 2 unspecified atom stereocenters. The minimum absolute atomic E-state index is 0.510. The molecular weight excluding hydrogens is 376 g/mol. The second-order valence-electron chi connectivity index (χ2n) is 8.21. The Bertz CT molecular complexity index is 942. The Kier molecular flexibility index (Phi) is 7.00. The third kappa shape index (κ3) is 5.01. The summed E-state index contributed by atoms with van der Waals surface area (Å²) >= 11 is 0. The van der Waals surface area contributed by atoms with Gasteiger partial charge in [-0.3, -0.25) is 4.90 Å². The maximum absolute atomic E-state index is 6.13. The molecule has 30 heavy (non-hydrogen) atoms. The number of likely N-dealkylation sites (tertiary alicyclic amines) is 1. The van der Waals surface area contributed by atoms with Crippen molar-refractivity contribution in [1.82, 2.24) is 15.4 Å². The number of nitrogens with two attached hydrogens (primary N) is 1. The van der Waals surface area contributed by atoms with E-state index >= 15 is 0 Å². The van der Waals surface area contributed by atoms with Crippen LogP contribution in [0.3, 0.4) is 0 Å². The molecule has 160 valence electrons. The Hall–Kier alpha value is -2.41. The molecule has 6 nitrogen and oxygen atoms in total. The molecule has 4 rings (SSSR count). The van der Waals surface area contributed by atoms with Crippen LogP contribution in [0.4, 0.5) is 0 Å². The van der Waals surface area contributed by atoms with Gasteiger partial charge in [0.1, 0.15) is 11.4 Å². The molecule has 3 N–H and O–H groups in total. The predicted molar refractivity (Wildman–Crippen MR) is 119 cm³/mol. The molecule has 3 aromatic rings. The number of rotatable bonds is 9. The Morgan fingerprint density at radius 3 is 2.90 bits per heavy atom. The molecule has 1 saturated heterocycles. The summed E-state index contributed by atoms with van der Waals surface area (Å²) in [5.41, 5.74) is 8.72. The van der Waals surface area contributed by atoms with Crippen LogP contribution in [0.15, 0.2) is 53.1 Å². The second-order valence-corrected chi connectivity index (χ2v) is 8.21. The van der Waals surface area contributed by atoms with Crippen LogP contribution in [0.2, 0.25) is 0 Å². The number of fused-ring (bicyclic) bond motifs is 1. The van der Waals surface area contributed by atoms with Gasteiger partial charge in [-0.15, -0.1) is 0 Å². The van der Waals surface area contributed by atoms with Gasteiger partial charge in [0.2, 0.25) is 0 Å². The van der Waals surface area contributed by atoms with E-state index in [0.717, 1.165) is 60.8 Å². The third-order valence-electron chi connectivity index (χ3n) is 6.10. The number of para-hydroxylation sites is 2. The lowest BCUT2D eigenvalue weighted by atomic mass is 9.94. The summed E-state index contributed by atoms with van der Waals surface area (Å²) in [6, 6.07) is 16.7. The van der Waals surface area contributed by atoms with Crippen LogP contribution in [0.5, 0.6) is 5.75 Å². The fourth-order valence-corrected chi connectivity index (χ4v) is 4.23. The van der Waals surface area contributed by atoms with Crippen molar-refractivity contribution in [3.63, 3.8) is 0 Å². The van der Waals surface area contributed by atoms with Gasteiger partial charge in [0.15, 0.2) is 5.58 Å². The van der Waals surface area contributed by atoms with Crippen LogP contribution >= 0.6 is 0 Å². The molecule has 1 fully saturated rings. The van der Waals surface area contributed by atoms with Crippen LogP contribution < -0.4 is 15.8 Å². The SMILES string of the molecule is CC1CCC(COc2ccccc2CN)CN1CCNCc1noc2ccccc12. The van der Waals surface area contributed by atoms with E-state index in [1.165, 1.54) is 12.8 Å². The van der Waals surface area contributed by atoms with Gasteiger partial charge in [0.05, 0.1) is 6.61 Å². The fourth-order valence-electron chi connectivity index (χ4n) is 4.23. The minimum Gasteiger partial charge on any atom is -0.493 e. The highest BCUT2D eigenvalue weighted by Crippen LogP contribution is 2.24. The Morgan fingerprint density at radius 1 is 1.17 bits per heavy atom. The number of benzene rings is 2. The Labute approximate surface area is 178 Å². The molecular formula is C24H32N4O2. The van der Waals surface area contributed by atoms with E-state index in [9.17, 15) is 0 Å². The van der Waals surface area contributed by atoms with E-state index in [-0.39, 0.29) is 0 Å². The van der Waals surface area contributed by atoms with Gasteiger partial charge in [0.25, 0.3) is 0 Å². The molecule has 0 spiro atoms. The first-order chi connectivity index (χ1) is 14.7. The molecule has 2 aromatic carbocycles. The fraction of sp³-hybridized carbons (Fsp3) is 0.458. The molecule has 0 aliphatic carbocycles. The lowest BCUT2D eigenvalue weighted by Crippen LogP contribution is -2.46. The zero-order valence-corrected chi connectivity index (χ0v) is 17.7. The molecule has 2 atom stereocenters. The molecule has 0 saturated carbocycles. The van der Waals surface area contributed by atoms with E-state index in [1.54, 1.807) is 0 Å². The number of nitrogens with one attached hydrogen (secondary N) is 1. The van der Waals surface area contributed by atoms with E-state index in [0.29, 0.717) is 18.5 Å². The predicted octanol–water partition coefficient (Wildman–Crippen LogP) is 3.56. The average Bonchev–Trinajstić information content (AvgIpc) is 3.20. The molecule has 0 radical (unpaired) electrons. The molecule has 6 heteroatoms. The largest absolute Gasteiger partial charge is 0.493 e. The maximum Gasteiger partial charge on any atom is 0.167 e. The average molecular weight is 409 g/mol. The smallest absolute Gasteiger partial charge is 0.167 e. The van der Waals surface area contributed by atoms with Crippen LogP contribution in [0.25, 0.3) is 11.0 Å². The summed E-state index contributed by atoms with van der Waals surface area (Å²) in [6.45, 7) is 7.32. The van der Waals surface area contributed by atoms with E-state index in [4.69, 9.17) is 15.0 Å². The van der Waals surface area contributed by atoms with Gasteiger partial charge >= 0.3 is 0 Å². The highest BCUT2D eigenvalue weighted by Gasteiger charge is 2.25. The van der Waals surface area contributed by atoms with Gasteiger partial charge in [-0.05, 0) is 38.0 Å². The first-order valence-corrected chi connectivity index (χ1v) is 10.9. The highest BCUT2D eigenvalue weighted by molar-refractivity contribution is 5.79. The first kappa shape index (κ1) is 20.8. The van der Waals surface area contributed by atoms with Crippen LogP contribution in [-0.4, -0.2) is 42.3 Å². The third-order valence-corrected chi connectivity index (χ3v) is 6.10. The molecule has 1 aliphatic heterocycles. The highest BCUT2D eigenvalue weighted by atomic mass is 16.5. The molecule has 1 aromatic heterocycles. The lowest BCUT2D eigenvalue weighted by Gasteiger charge is -2.38. The molecule has 1 aliphatic rings. The zero-order valence-electron chi connectivity index (χ0n) is 17.7. The van der Waals surface area contributed by atoms with Crippen molar-refractivity contribution in [1.29, 1.82) is 0 Å². The normalized spacial score (nSPS) is 19.9. The van der Waals surface area contributed by atoms with Crippen molar-refractivity contribution in [2.75, 3.05) is 26.2 Å². The lowest BCUT2D eigenvalue weighted by molar-refractivity contribution is 0.0899. The van der Waals surface area contributed by atoms with Crippen molar-refractivity contribution >= 4 is 11.0 Å².